The van der Waals surface area contributed by atoms with Crippen LogP contribution < -0.4 is 10.6 Å². The zero-order valence-corrected chi connectivity index (χ0v) is 25.4. The Morgan fingerprint density at radius 2 is 1.37 bits per heavy atom. The van der Waals surface area contributed by atoms with Crippen molar-refractivity contribution >= 4 is 21.8 Å². The Labute approximate surface area is 254 Å². The Hall–Kier alpha value is -3.57. The third-order valence-electron chi connectivity index (χ3n) is 7.89. The number of rotatable bonds is 13. The first kappa shape index (κ1) is 32.3. The second-order valence-corrected chi connectivity index (χ2v) is 13.3. The van der Waals surface area contributed by atoms with Crippen LogP contribution >= 0.6 is 0 Å². The van der Waals surface area contributed by atoms with Crippen molar-refractivity contribution < 1.29 is 28.2 Å². The summed E-state index contributed by atoms with van der Waals surface area (Å²) in [5.74, 6) is -2.18. The number of sulfonamides is 1. The number of nitrogens with one attached hydrogen (secondary N) is 2. The number of nitrogens with zero attached hydrogens (tertiary/aromatic N) is 1. The zero-order chi connectivity index (χ0) is 31.0. The number of carbonyl (C=O) groups excluding carboxylic acids is 2. The highest BCUT2D eigenvalue weighted by Crippen LogP contribution is 2.23. The summed E-state index contributed by atoms with van der Waals surface area (Å²) in [6, 6.07) is 23.4. The molecule has 1 fully saturated rings. The van der Waals surface area contributed by atoms with Crippen molar-refractivity contribution in [3.8, 4) is 0 Å². The Morgan fingerprint density at radius 3 is 1.93 bits per heavy atom. The van der Waals surface area contributed by atoms with Crippen molar-refractivity contribution in [3.05, 3.63) is 102 Å². The van der Waals surface area contributed by atoms with E-state index in [2.05, 4.69) is 10.6 Å². The van der Waals surface area contributed by atoms with E-state index in [0.717, 1.165) is 24.0 Å². The molecule has 3 aromatic rings. The number of benzene rings is 3. The number of aliphatic hydroxyl groups excluding tert-OH is 2. The Kier molecular flexibility index (Phi) is 11.1. The molecule has 4 atom stereocenters. The molecule has 0 aliphatic carbocycles. The van der Waals surface area contributed by atoms with Crippen LogP contribution in [0, 0.1) is 11.8 Å². The van der Waals surface area contributed by atoms with Gasteiger partial charge >= 0.3 is 0 Å². The third-order valence-corrected chi connectivity index (χ3v) is 9.81. The van der Waals surface area contributed by atoms with E-state index in [4.69, 9.17) is 0 Å². The summed E-state index contributed by atoms with van der Waals surface area (Å²) in [7, 11) is -3.63. The minimum atomic E-state index is -3.63. The maximum atomic E-state index is 13.3. The molecule has 1 heterocycles. The highest BCUT2D eigenvalue weighted by Gasteiger charge is 2.38. The van der Waals surface area contributed by atoms with Gasteiger partial charge in [-0.05, 0) is 60.6 Å². The van der Waals surface area contributed by atoms with Gasteiger partial charge in [-0.2, -0.15) is 4.31 Å². The van der Waals surface area contributed by atoms with Gasteiger partial charge in [0.05, 0.1) is 23.0 Å². The fourth-order valence-corrected chi connectivity index (χ4v) is 6.96. The van der Waals surface area contributed by atoms with E-state index in [-0.39, 0.29) is 29.3 Å². The lowest BCUT2D eigenvalue weighted by Gasteiger charge is -2.33. The number of hydrogen-bond acceptors (Lipinski definition) is 6. The SMILES string of the molecule is CC(C)[C@@H](C(=O)NCc1ccccc1)[C@@H](O)[C@H](O)[C@H](Cc1ccccc1)NC(=O)c1ccc(S(=O)(=O)N2CCCC2)cc1. The van der Waals surface area contributed by atoms with Crippen molar-refractivity contribution in [1.29, 1.82) is 0 Å². The lowest BCUT2D eigenvalue weighted by Crippen LogP contribution is -2.54. The van der Waals surface area contributed by atoms with E-state index in [1.807, 2.05) is 60.7 Å². The van der Waals surface area contributed by atoms with Crippen LogP contribution in [0.25, 0.3) is 0 Å². The van der Waals surface area contributed by atoms with Crippen LogP contribution in [0.2, 0.25) is 0 Å². The largest absolute Gasteiger partial charge is 0.390 e. The maximum Gasteiger partial charge on any atom is 0.251 e. The molecule has 4 N–H and O–H groups in total. The van der Waals surface area contributed by atoms with Crippen molar-refractivity contribution in [1.82, 2.24) is 14.9 Å². The minimum absolute atomic E-state index is 0.114. The van der Waals surface area contributed by atoms with Gasteiger partial charge in [-0.15, -0.1) is 0 Å². The van der Waals surface area contributed by atoms with E-state index in [0.29, 0.717) is 13.1 Å². The van der Waals surface area contributed by atoms with Crippen molar-refractivity contribution in [2.24, 2.45) is 11.8 Å². The first-order valence-corrected chi connectivity index (χ1v) is 16.1. The van der Waals surface area contributed by atoms with Crippen LogP contribution in [0.1, 0.15) is 48.2 Å². The van der Waals surface area contributed by atoms with Crippen LogP contribution in [0.4, 0.5) is 0 Å². The molecular weight excluding hydrogens is 566 g/mol. The van der Waals surface area contributed by atoms with Gasteiger partial charge in [0.2, 0.25) is 15.9 Å². The first-order chi connectivity index (χ1) is 20.6. The lowest BCUT2D eigenvalue weighted by atomic mass is 9.83. The number of hydrogen-bond donors (Lipinski definition) is 4. The predicted octanol–water partition coefficient (Wildman–Crippen LogP) is 3.12. The van der Waals surface area contributed by atoms with E-state index in [1.165, 1.54) is 28.6 Å². The molecule has 43 heavy (non-hydrogen) atoms. The summed E-state index contributed by atoms with van der Waals surface area (Å²) in [4.78, 5) is 26.7. The predicted molar refractivity (Wildman–Crippen MR) is 164 cm³/mol. The molecule has 0 unspecified atom stereocenters. The highest BCUT2D eigenvalue weighted by atomic mass is 32.2. The van der Waals surface area contributed by atoms with Crippen LogP contribution in [-0.2, 0) is 27.8 Å². The molecule has 0 bridgehead atoms. The zero-order valence-electron chi connectivity index (χ0n) is 24.6. The molecule has 1 aliphatic heterocycles. The molecule has 10 heteroatoms. The van der Waals surface area contributed by atoms with Crippen LogP contribution in [-0.4, -0.2) is 66.1 Å². The van der Waals surface area contributed by atoms with E-state index in [9.17, 15) is 28.2 Å². The van der Waals surface area contributed by atoms with Crippen LogP contribution in [0.5, 0.6) is 0 Å². The van der Waals surface area contributed by atoms with Gasteiger partial charge in [0.1, 0.15) is 6.10 Å². The van der Waals surface area contributed by atoms with Gasteiger partial charge < -0.3 is 20.8 Å². The Balaban J connectivity index is 1.51. The average Bonchev–Trinajstić information content (AvgIpc) is 3.57. The smallest absolute Gasteiger partial charge is 0.251 e. The van der Waals surface area contributed by atoms with Gasteiger partial charge in [-0.3, -0.25) is 9.59 Å². The summed E-state index contributed by atoms with van der Waals surface area (Å²) in [5, 5.41) is 28.5. The van der Waals surface area contributed by atoms with Gasteiger partial charge in [-0.1, -0.05) is 74.5 Å². The topological polar surface area (TPSA) is 136 Å². The number of amides is 2. The molecule has 0 aromatic heterocycles. The monoisotopic (exact) mass is 607 g/mol. The fourth-order valence-electron chi connectivity index (χ4n) is 5.44. The Morgan fingerprint density at radius 1 is 0.814 bits per heavy atom. The average molecular weight is 608 g/mol. The summed E-state index contributed by atoms with van der Waals surface area (Å²) >= 11 is 0. The van der Waals surface area contributed by atoms with Crippen molar-refractivity contribution in [2.45, 2.75) is 62.8 Å². The van der Waals surface area contributed by atoms with E-state index in [1.54, 1.807) is 13.8 Å². The first-order valence-electron chi connectivity index (χ1n) is 14.7. The molecule has 0 saturated carbocycles. The van der Waals surface area contributed by atoms with E-state index >= 15 is 0 Å². The maximum absolute atomic E-state index is 13.3. The quantitative estimate of drug-likeness (QED) is 0.236. The highest BCUT2D eigenvalue weighted by molar-refractivity contribution is 7.89. The van der Waals surface area contributed by atoms with E-state index < -0.39 is 46.0 Å². The fraction of sp³-hybridized carbons (Fsp3) is 0.394. The van der Waals surface area contributed by atoms with Gasteiger partial charge in [0.15, 0.2) is 0 Å². The van der Waals surface area contributed by atoms with Crippen LogP contribution in [0.3, 0.4) is 0 Å². The molecule has 230 valence electrons. The molecular formula is C33H41N3O6S. The second-order valence-electron chi connectivity index (χ2n) is 11.4. The van der Waals surface area contributed by atoms with Crippen LogP contribution in [0.15, 0.2) is 89.8 Å². The number of carbonyl (C=O) groups is 2. The lowest BCUT2D eigenvalue weighted by molar-refractivity contribution is -0.135. The molecule has 1 aliphatic rings. The summed E-state index contributed by atoms with van der Waals surface area (Å²) in [6.45, 7) is 4.83. The second kappa shape index (κ2) is 14.7. The standard InChI is InChI=1S/C33H41N3O6S/c1-23(2)29(33(40)34-22-25-13-7-4-8-14-25)31(38)30(37)28(21-24-11-5-3-6-12-24)35-32(39)26-15-17-27(18-16-26)43(41,42)36-19-9-10-20-36/h3-8,11-18,23,28-31,37-38H,9-10,19-22H2,1-2H3,(H,34,40)(H,35,39)/t28-,29+,30+,31+/m0/s1. The summed E-state index contributed by atoms with van der Waals surface area (Å²) in [6.07, 6.45) is -1.11. The Bertz CT molecular complexity index is 1440. The molecule has 4 rings (SSSR count). The molecule has 9 nitrogen and oxygen atoms in total. The number of aliphatic hydroxyl groups is 2. The molecule has 1 saturated heterocycles. The van der Waals surface area contributed by atoms with Gasteiger partial charge in [-0.25, -0.2) is 8.42 Å². The van der Waals surface area contributed by atoms with Gasteiger partial charge in [0, 0.05) is 25.2 Å². The molecule has 0 spiro atoms. The summed E-state index contributed by atoms with van der Waals surface area (Å²) < 4.78 is 27.2. The normalized spacial score (nSPS) is 16.8. The van der Waals surface area contributed by atoms with Crippen molar-refractivity contribution in [2.75, 3.05) is 13.1 Å². The minimum Gasteiger partial charge on any atom is -0.390 e. The molecule has 0 radical (unpaired) electrons. The van der Waals surface area contributed by atoms with Crippen molar-refractivity contribution in [3.63, 3.8) is 0 Å². The third kappa shape index (κ3) is 8.29. The van der Waals surface area contributed by atoms with Gasteiger partial charge in [0.25, 0.3) is 5.91 Å². The summed E-state index contributed by atoms with van der Waals surface area (Å²) in [5.41, 5.74) is 1.93. The molecule has 2 amide bonds. The molecule has 3 aromatic carbocycles.